The molecule has 5 heteroatoms. The van der Waals surface area contributed by atoms with Gasteiger partial charge in [-0.25, -0.2) is 4.98 Å². The zero-order valence-corrected chi connectivity index (χ0v) is 8.24. The lowest BCUT2D eigenvalue weighted by Crippen LogP contribution is -2.13. The van der Waals surface area contributed by atoms with Gasteiger partial charge in [0.05, 0.1) is 25.6 Å². The highest BCUT2D eigenvalue weighted by molar-refractivity contribution is 6.29. The SMILES string of the molecule is Clc1cncc(NC2[C@H]3COC[C@H]23)n1. The van der Waals surface area contributed by atoms with E-state index in [1.807, 2.05) is 0 Å². The maximum Gasteiger partial charge on any atom is 0.149 e. The number of anilines is 1. The van der Waals surface area contributed by atoms with Crippen molar-refractivity contribution in [2.45, 2.75) is 6.04 Å². The second kappa shape index (κ2) is 3.07. The summed E-state index contributed by atoms with van der Waals surface area (Å²) in [5.74, 6) is 2.09. The second-order valence-electron chi connectivity index (χ2n) is 3.76. The smallest absolute Gasteiger partial charge is 0.149 e. The van der Waals surface area contributed by atoms with E-state index in [1.165, 1.54) is 6.20 Å². The Balaban J connectivity index is 1.68. The molecule has 0 amide bonds. The van der Waals surface area contributed by atoms with Crippen molar-refractivity contribution in [2.24, 2.45) is 11.8 Å². The van der Waals surface area contributed by atoms with Crippen LogP contribution in [0.15, 0.2) is 12.4 Å². The van der Waals surface area contributed by atoms with Gasteiger partial charge in [0.15, 0.2) is 0 Å². The summed E-state index contributed by atoms with van der Waals surface area (Å²) in [6.45, 7) is 1.74. The average Bonchev–Trinajstić information content (AvgIpc) is 2.62. The van der Waals surface area contributed by atoms with E-state index in [-0.39, 0.29) is 0 Å². The van der Waals surface area contributed by atoms with Crippen LogP contribution in [0.5, 0.6) is 0 Å². The van der Waals surface area contributed by atoms with E-state index < -0.39 is 0 Å². The molecule has 1 saturated carbocycles. The molecule has 0 unspecified atom stereocenters. The fourth-order valence-corrected chi connectivity index (χ4v) is 2.18. The summed E-state index contributed by atoms with van der Waals surface area (Å²) >= 11 is 5.73. The fourth-order valence-electron chi connectivity index (χ4n) is 2.04. The van der Waals surface area contributed by atoms with E-state index in [0.717, 1.165) is 19.0 Å². The quantitative estimate of drug-likeness (QED) is 0.798. The summed E-state index contributed by atoms with van der Waals surface area (Å²) in [6, 6.07) is 0.511. The first-order chi connectivity index (χ1) is 6.84. The lowest BCUT2D eigenvalue weighted by atomic mass is 10.4. The number of hydrogen-bond donors (Lipinski definition) is 1. The van der Waals surface area contributed by atoms with Crippen LogP contribution in [0.2, 0.25) is 5.15 Å². The van der Waals surface area contributed by atoms with Gasteiger partial charge in [-0.2, -0.15) is 0 Å². The van der Waals surface area contributed by atoms with Crippen molar-refractivity contribution in [3.05, 3.63) is 17.5 Å². The summed E-state index contributed by atoms with van der Waals surface area (Å²) in [4.78, 5) is 8.10. The number of rotatable bonds is 2. The lowest BCUT2D eigenvalue weighted by Gasteiger charge is -2.07. The highest BCUT2D eigenvalue weighted by Crippen LogP contribution is 2.45. The molecule has 14 heavy (non-hydrogen) atoms. The minimum Gasteiger partial charge on any atom is -0.381 e. The fraction of sp³-hybridized carbons (Fsp3) is 0.556. The second-order valence-corrected chi connectivity index (χ2v) is 4.15. The van der Waals surface area contributed by atoms with Crippen molar-refractivity contribution in [1.82, 2.24) is 9.97 Å². The molecule has 4 nitrogen and oxygen atoms in total. The standard InChI is InChI=1S/C9H10ClN3O/c10-7-1-11-2-8(12-7)13-9-5-3-14-4-6(5)9/h1-2,5-6,9H,3-4H2,(H,12,13)/t5-,6-/m0/s1. The van der Waals surface area contributed by atoms with Crippen molar-refractivity contribution >= 4 is 17.4 Å². The van der Waals surface area contributed by atoms with E-state index in [4.69, 9.17) is 16.3 Å². The van der Waals surface area contributed by atoms with Crippen LogP contribution in [-0.2, 0) is 4.74 Å². The Morgan fingerprint density at radius 2 is 2.14 bits per heavy atom. The maximum atomic E-state index is 5.73. The highest BCUT2D eigenvalue weighted by atomic mass is 35.5. The number of fused-ring (bicyclic) bond motifs is 1. The van der Waals surface area contributed by atoms with Gasteiger partial charge >= 0.3 is 0 Å². The average molecular weight is 212 g/mol. The molecular weight excluding hydrogens is 202 g/mol. The van der Waals surface area contributed by atoms with Gasteiger partial charge in [-0.05, 0) is 0 Å². The van der Waals surface area contributed by atoms with Gasteiger partial charge in [0.2, 0.25) is 0 Å². The molecule has 2 atom stereocenters. The molecule has 1 aromatic rings. The van der Waals surface area contributed by atoms with Crippen LogP contribution in [0.4, 0.5) is 5.82 Å². The first-order valence-corrected chi connectivity index (χ1v) is 5.04. The van der Waals surface area contributed by atoms with Gasteiger partial charge in [0.25, 0.3) is 0 Å². The number of nitrogens with one attached hydrogen (secondary N) is 1. The zero-order chi connectivity index (χ0) is 9.54. The van der Waals surface area contributed by atoms with Crippen molar-refractivity contribution in [3.63, 3.8) is 0 Å². The largest absolute Gasteiger partial charge is 0.381 e. The van der Waals surface area contributed by atoms with Crippen LogP contribution >= 0.6 is 11.6 Å². The minimum absolute atomic E-state index is 0.428. The molecule has 1 aliphatic carbocycles. The number of hydrogen-bond acceptors (Lipinski definition) is 4. The molecule has 2 aliphatic rings. The molecule has 0 bridgehead atoms. The van der Waals surface area contributed by atoms with Gasteiger partial charge < -0.3 is 10.1 Å². The molecule has 74 valence electrons. The van der Waals surface area contributed by atoms with Gasteiger partial charge in [0, 0.05) is 17.9 Å². The first-order valence-electron chi connectivity index (χ1n) is 4.66. The van der Waals surface area contributed by atoms with Crippen molar-refractivity contribution in [2.75, 3.05) is 18.5 Å². The Bertz CT molecular complexity index is 350. The third-order valence-electron chi connectivity index (χ3n) is 2.87. The lowest BCUT2D eigenvalue weighted by molar-refractivity contribution is 0.162. The van der Waals surface area contributed by atoms with Crippen LogP contribution in [0, 0.1) is 11.8 Å². The first kappa shape index (κ1) is 8.44. The van der Waals surface area contributed by atoms with E-state index in [2.05, 4.69) is 15.3 Å². The molecule has 1 aliphatic heterocycles. The van der Waals surface area contributed by atoms with Crippen molar-refractivity contribution < 1.29 is 4.74 Å². The monoisotopic (exact) mass is 211 g/mol. The predicted octanol–water partition coefficient (Wildman–Crippen LogP) is 1.19. The molecule has 0 aromatic carbocycles. The number of halogens is 1. The molecule has 0 radical (unpaired) electrons. The minimum atomic E-state index is 0.428. The number of ether oxygens (including phenoxy) is 1. The Kier molecular flexibility index (Phi) is 1.85. The Morgan fingerprint density at radius 1 is 1.36 bits per heavy atom. The molecule has 1 aromatic heterocycles. The summed E-state index contributed by atoms with van der Waals surface area (Å²) in [7, 11) is 0. The van der Waals surface area contributed by atoms with Crippen molar-refractivity contribution in [3.8, 4) is 0 Å². The predicted molar refractivity (Wildman–Crippen MR) is 52.3 cm³/mol. The Labute approximate surface area is 86.7 Å². The maximum absolute atomic E-state index is 5.73. The van der Waals surface area contributed by atoms with Gasteiger partial charge in [-0.15, -0.1) is 0 Å². The third-order valence-corrected chi connectivity index (χ3v) is 3.05. The third kappa shape index (κ3) is 1.35. The molecule has 2 heterocycles. The van der Waals surface area contributed by atoms with Gasteiger partial charge in [-0.3, -0.25) is 4.98 Å². The van der Waals surface area contributed by atoms with Crippen LogP contribution < -0.4 is 5.32 Å². The molecular formula is C9H10ClN3O. The molecule has 3 rings (SSSR count). The van der Waals surface area contributed by atoms with E-state index >= 15 is 0 Å². The van der Waals surface area contributed by atoms with E-state index in [0.29, 0.717) is 23.0 Å². The topological polar surface area (TPSA) is 47.0 Å². The van der Waals surface area contributed by atoms with Crippen LogP contribution in [0.3, 0.4) is 0 Å². The molecule has 0 spiro atoms. The Hall–Kier alpha value is -0.870. The van der Waals surface area contributed by atoms with Gasteiger partial charge in [-0.1, -0.05) is 11.6 Å². The van der Waals surface area contributed by atoms with Crippen LogP contribution in [0.25, 0.3) is 0 Å². The van der Waals surface area contributed by atoms with Crippen LogP contribution in [0.1, 0.15) is 0 Å². The number of aromatic nitrogens is 2. The summed E-state index contributed by atoms with van der Waals surface area (Å²) in [6.07, 6.45) is 3.23. The summed E-state index contributed by atoms with van der Waals surface area (Å²) in [5.41, 5.74) is 0. The van der Waals surface area contributed by atoms with E-state index in [9.17, 15) is 0 Å². The molecule has 1 N–H and O–H groups in total. The van der Waals surface area contributed by atoms with Gasteiger partial charge in [0.1, 0.15) is 11.0 Å². The Morgan fingerprint density at radius 3 is 2.86 bits per heavy atom. The normalized spacial score (nSPS) is 33.9. The zero-order valence-electron chi connectivity index (χ0n) is 7.48. The molecule has 2 fully saturated rings. The van der Waals surface area contributed by atoms with Crippen molar-refractivity contribution in [1.29, 1.82) is 0 Å². The van der Waals surface area contributed by atoms with Crippen LogP contribution in [-0.4, -0.2) is 29.2 Å². The highest BCUT2D eigenvalue weighted by Gasteiger charge is 2.54. The summed E-state index contributed by atoms with van der Waals surface area (Å²) in [5, 5.41) is 3.75. The number of nitrogens with zero attached hydrogens (tertiary/aromatic N) is 2. The van der Waals surface area contributed by atoms with E-state index in [1.54, 1.807) is 6.20 Å². The molecule has 1 saturated heterocycles. The summed E-state index contributed by atoms with van der Waals surface area (Å²) < 4.78 is 5.30.